The van der Waals surface area contributed by atoms with Crippen molar-refractivity contribution in [3.05, 3.63) is 69.9 Å². The second kappa shape index (κ2) is 7.46. The highest BCUT2D eigenvalue weighted by molar-refractivity contribution is 5.95. The van der Waals surface area contributed by atoms with Crippen LogP contribution in [-0.2, 0) is 7.05 Å². The summed E-state index contributed by atoms with van der Waals surface area (Å²) in [5, 5.41) is 7.13. The second-order valence-corrected chi connectivity index (χ2v) is 6.90. The first-order valence-corrected chi connectivity index (χ1v) is 9.40. The lowest BCUT2D eigenvalue weighted by Crippen LogP contribution is -2.36. The van der Waals surface area contributed by atoms with E-state index in [9.17, 15) is 9.59 Å². The monoisotopic (exact) mass is 394 g/mol. The van der Waals surface area contributed by atoms with Gasteiger partial charge in [0.05, 0.1) is 17.4 Å². The molecule has 8 heteroatoms. The fourth-order valence-corrected chi connectivity index (χ4v) is 3.48. The number of ether oxygens (including phenoxy) is 2. The zero-order valence-electron chi connectivity index (χ0n) is 16.5. The van der Waals surface area contributed by atoms with Crippen molar-refractivity contribution < 1.29 is 14.3 Å². The number of carbonyl (C=O) groups excluding carboxylic acids is 1. The van der Waals surface area contributed by atoms with Gasteiger partial charge in [-0.3, -0.25) is 18.8 Å². The van der Waals surface area contributed by atoms with E-state index >= 15 is 0 Å². The molecule has 4 rings (SSSR count). The third-order valence-electron chi connectivity index (χ3n) is 5.09. The lowest BCUT2D eigenvalue weighted by atomic mass is 10.1. The molecule has 3 heterocycles. The summed E-state index contributed by atoms with van der Waals surface area (Å²) < 4.78 is 13.9. The standard InChI is InChI=1S/C21H22N4O4/c1-4-15(16-7-9-22-24(16)3)23-20(26)19-13(2)8-10-25(21(19)27)14-5-6-17-18(11-14)29-12-28-17/h5-11,15H,4,12H2,1-3H3,(H,23,26). The maximum atomic E-state index is 13.2. The van der Waals surface area contributed by atoms with E-state index in [1.54, 1.807) is 48.3 Å². The number of nitrogens with one attached hydrogen (secondary N) is 1. The molecule has 1 unspecified atom stereocenters. The van der Waals surface area contributed by atoms with Crippen LogP contribution in [0, 0.1) is 6.92 Å². The predicted octanol–water partition coefficient (Wildman–Crippen LogP) is 2.49. The van der Waals surface area contributed by atoms with Gasteiger partial charge in [0.1, 0.15) is 5.56 Å². The van der Waals surface area contributed by atoms with E-state index in [0.717, 1.165) is 5.69 Å². The Labute approximate surface area is 167 Å². The Hall–Kier alpha value is -3.55. The van der Waals surface area contributed by atoms with Gasteiger partial charge in [-0.25, -0.2) is 0 Å². The van der Waals surface area contributed by atoms with Crippen LogP contribution in [0.25, 0.3) is 5.69 Å². The maximum Gasteiger partial charge on any atom is 0.268 e. The first kappa shape index (κ1) is 18.8. The molecule has 0 bridgehead atoms. The average molecular weight is 394 g/mol. The molecular formula is C21H22N4O4. The molecule has 8 nitrogen and oxygen atoms in total. The molecule has 1 N–H and O–H groups in total. The van der Waals surface area contributed by atoms with Crippen LogP contribution in [0.5, 0.6) is 11.5 Å². The Bertz CT molecular complexity index is 1130. The van der Waals surface area contributed by atoms with Crippen molar-refractivity contribution >= 4 is 5.91 Å². The number of rotatable bonds is 5. The molecule has 1 aliphatic rings. The number of nitrogens with zero attached hydrogens (tertiary/aromatic N) is 3. The molecule has 29 heavy (non-hydrogen) atoms. The van der Waals surface area contributed by atoms with Crippen molar-refractivity contribution in [3.63, 3.8) is 0 Å². The van der Waals surface area contributed by atoms with Crippen LogP contribution in [0.4, 0.5) is 0 Å². The normalized spacial score (nSPS) is 13.3. The van der Waals surface area contributed by atoms with Crippen molar-refractivity contribution in [3.8, 4) is 17.2 Å². The highest BCUT2D eigenvalue weighted by Gasteiger charge is 2.22. The Kier molecular flexibility index (Phi) is 4.84. The summed E-state index contributed by atoms with van der Waals surface area (Å²) in [5.74, 6) is 0.799. The number of fused-ring (bicyclic) bond motifs is 1. The molecule has 0 fully saturated rings. The highest BCUT2D eigenvalue weighted by Crippen LogP contribution is 2.33. The maximum absolute atomic E-state index is 13.2. The lowest BCUT2D eigenvalue weighted by Gasteiger charge is -2.18. The molecule has 150 valence electrons. The Balaban J connectivity index is 1.69. The Morgan fingerprint density at radius 3 is 2.76 bits per heavy atom. The number of amides is 1. The van der Waals surface area contributed by atoms with Crippen LogP contribution in [0.1, 0.15) is 41.0 Å². The summed E-state index contributed by atoms with van der Waals surface area (Å²) >= 11 is 0. The molecule has 0 radical (unpaired) electrons. The highest BCUT2D eigenvalue weighted by atomic mass is 16.7. The van der Waals surface area contributed by atoms with Gasteiger partial charge < -0.3 is 14.8 Å². The molecule has 1 atom stereocenters. The average Bonchev–Trinajstić information content (AvgIpc) is 3.34. The van der Waals surface area contributed by atoms with Gasteiger partial charge in [0, 0.05) is 25.5 Å². The summed E-state index contributed by atoms with van der Waals surface area (Å²) in [5.41, 5.74) is 1.83. The first-order valence-electron chi connectivity index (χ1n) is 9.40. The van der Waals surface area contributed by atoms with Gasteiger partial charge in [0.25, 0.3) is 11.5 Å². The topological polar surface area (TPSA) is 87.4 Å². The molecule has 1 aromatic carbocycles. The third-order valence-corrected chi connectivity index (χ3v) is 5.09. The number of carbonyl (C=O) groups is 1. The predicted molar refractivity (Wildman–Crippen MR) is 107 cm³/mol. The van der Waals surface area contributed by atoms with Crippen molar-refractivity contribution in [2.24, 2.45) is 7.05 Å². The summed E-state index contributed by atoms with van der Waals surface area (Å²) in [6.45, 7) is 3.88. The number of hydrogen-bond acceptors (Lipinski definition) is 5. The van der Waals surface area contributed by atoms with Gasteiger partial charge >= 0.3 is 0 Å². The van der Waals surface area contributed by atoms with E-state index in [1.165, 1.54) is 4.57 Å². The van der Waals surface area contributed by atoms with Crippen molar-refractivity contribution in [2.75, 3.05) is 6.79 Å². The zero-order chi connectivity index (χ0) is 20.5. The smallest absolute Gasteiger partial charge is 0.268 e. The Morgan fingerprint density at radius 1 is 1.24 bits per heavy atom. The van der Waals surface area contributed by atoms with Gasteiger partial charge in [0.2, 0.25) is 6.79 Å². The van der Waals surface area contributed by atoms with Gasteiger partial charge in [-0.2, -0.15) is 5.10 Å². The molecular weight excluding hydrogens is 372 g/mol. The minimum absolute atomic E-state index is 0.116. The molecule has 0 saturated heterocycles. The molecule has 1 aliphatic heterocycles. The molecule has 0 spiro atoms. The summed E-state index contributed by atoms with van der Waals surface area (Å²) in [6.07, 6.45) is 4.02. The van der Waals surface area contributed by atoms with Gasteiger partial charge in [-0.15, -0.1) is 0 Å². The largest absolute Gasteiger partial charge is 0.454 e. The fourth-order valence-electron chi connectivity index (χ4n) is 3.48. The van der Waals surface area contributed by atoms with Crippen LogP contribution in [0.2, 0.25) is 0 Å². The Morgan fingerprint density at radius 2 is 2.03 bits per heavy atom. The van der Waals surface area contributed by atoms with Crippen molar-refractivity contribution in [1.82, 2.24) is 19.7 Å². The van der Waals surface area contributed by atoms with E-state index in [-0.39, 0.29) is 24.0 Å². The number of aryl methyl sites for hydroxylation is 2. The summed E-state index contributed by atoms with van der Waals surface area (Å²) in [7, 11) is 1.82. The molecule has 0 saturated carbocycles. The lowest BCUT2D eigenvalue weighted by molar-refractivity contribution is 0.0931. The molecule has 3 aromatic rings. The van der Waals surface area contributed by atoms with Gasteiger partial charge in [0.15, 0.2) is 11.5 Å². The minimum Gasteiger partial charge on any atom is -0.454 e. The number of benzene rings is 1. The van der Waals surface area contributed by atoms with E-state index in [2.05, 4.69) is 10.4 Å². The van der Waals surface area contributed by atoms with Crippen molar-refractivity contribution in [2.45, 2.75) is 26.3 Å². The molecule has 1 amide bonds. The molecule has 0 aliphatic carbocycles. The van der Waals surface area contributed by atoms with E-state index in [0.29, 0.717) is 29.2 Å². The van der Waals surface area contributed by atoms with Crippen LogP contribution < -0.4 is 20.3 Å². The first-order chi connectivity index (χ1) is 14.0. The SMILES string of the molecule is CCC(NC(=O)c1c(C)ccn(-c2ccc3c(c2)OCO3)c1=O)c1ccnn1C. The van der Waals surface area contributed by atoms with Gasteiger partial charge in [-0.1, -0.05) is 6.92 Å². The number of pyridine rings is 1. The van der Waals surface area contributed by atoms with Crippen LogP contribution in [-0.4, -0.2) is 27.0 Å². The summed E-state index contributed by atoms with van der Waals surface area (Å²) in [4.78, 5) is 26.2. The quantitative estimate of drug-likeness (QED) is 0.718. The molecule has 2 aromatic heterocycles. The van der Waals surface area contributed by atoms with E-state index in [4.69, 9.17) is 9.47 Å². The number of aromatic nitrogens is 3. The zero-order valence-corrected chi connectivity index (χ0v) is 16.5. The van der Waals surface area contributed by atoms with Crippen molar-refractivity contribution in [1.29, 1.82) is 0 Å². The van der Waals surface area contributed by atoms with E-state index in [1.807, 2.05) is 20.0 Å². The second-order valence-electron chi connectivity index (χ2n) is 6.90. The summed E-state index contributed by atoms with van der Waals surface area (Å²) in [6, 6.07) is 8.61. The van der Waals surface area contributed by atoms with Gasteiger partial charge in [-0.05, 0) is 43.2 Å². The minimum atomic E-state index is -0.407. The fraction of sp³-hybridized carbons (Fsp3) is 0.286. The van der Waals surface area contributed by atoms with Crippen LogP contribution in [0.15, 0.2) is 47.5 Å². The van der Waals surface area contributed by atoms with Crippen LogP contribution in [0.3, 0.4) is 0 Å². The number of hydrogen-bond donors (Lipinski definition) is 1. The third kappa shape index (κ3) is 3.37. The van der Waals surface area contributed by atoms with Crippen LogP contribution >= 0.6 is 0 Å². The van der Waals surface area contributed by atoms with E-state index < -0.39 is 5.91 Å².